The molecule has 0 atom stereocenters. The van der Waals surface area contributed by atoms with Crippen LogP contribution in [0.1, 0.15) is 0 Å². The number of likely N-dealkylation sites (N-methyl/N-ethyl adjacent to an activating group) is 1. The molecule has 1 heterocycles. The highest BCUT2D eigenvalue weighted by Crippen LogP contribution is 2.18. The number of fused-ring (bicyclic) bond motifs is 1. The van der Waals surface area contributed by atoms with E-state index in [1.807, 2.05) is 30.1 Å². The van der Waals surface area contributed by atoms with Crippen LogP contribution in [0.4, 0.5) is 5.69 Å². The molecule has 0 unspecified atom stereocenters. The topological polar surface area (TPSA) is 75.3 Å². The third-order valence-corrected chi connectivity index (χ3v) is 2.31. The molecule has 5 nitrogen and oxygen atoms in total. The number of oxazole rings is 1. The maximum atomic E-state index is 10.9. The highest BCUT2D eigenvalue weighted by molar-refractivity contribution is 5.76. The third kappa shape index (κ3) is 1.87. The normalized spacial score (nSPS) is 10.8. The Morgan fingerprint density at radius 2 is 2.33 bits per heavy atom. The molecule has 0 aliphatic rings. The number of nitrogens with two attached hydrogens (primary N) is 1. The van der Waals surface area contributed by atoms with Gasteiger partial charge in [-0.3, -0.25) is 4.98 Å². The van der Waals surface area contributed by atoms with E-state index in [0.29, 0.717) is 17.6 Å². The minimum absolute atomic E-state index is 0.427. The molecule has 5 heteroatoms. The largest absolute Gasteiger partial charge is 0.417 e. The zero-order valence-corrected chi connectivity index (χ0v) is 8.49. The molecule has 0 bridgehead atoms. The van der Waals surface area contributed by atoms with Crippen LogP contribution in [0.15, 0.2) is 27.4 Å². The fourth-order valence-corrected chi connectivity index (χ4v) is 1.49. The van der Waals surface area contributed by atoms with E-state index in [1.54, 1.807) is 0 Å². The van der Waals surface area contributed by atoms with Crippen LogP contribution in [0.5, 0.6) is 0 Å². The van der Waals surface area contributed by atoms with Crippen LogP contribution in [0.3, 0.4) is 0 Å². The molecule has 1 aromatic heterocycles. The summed E-state index contributed by atoms with van der Waals surface area (Å²) in [6, 6.07) is 5.56. The summed E-state index contributed by atoms with van der Waals surface area (Å²) >= 11 is 0. The first kappa shape index (κ1) is 9.79. The molecule has 0 amide bonds. The van der Waals surface area contributed by atoms with Gasteiger partial charge in [0.05, 0.1) is 5.52 Å². The molecule has 15 heavy (non-hydrogen) atoms. The molecule has 0 aliphatic carbocycles. The van der Waals surface area contributed by atoms with Crippen molar-refractivity contribution in [2.45, 2.75) is 0 Å². The summed E-state index contributed by atoms with van der Waals surface area (Å²) in [6.45, 7) is 1.35. The Labute approximate surface area is 86.5 Å². The van der Waals surface area contributed by atoms with Crippen molar-refractivity contribution in [1.82, 2.24) is 4.98 Å². The van der Waals surface area contributed by atoms with Crippen LogP contribution >= 0.6 is 0 Å². The summed E-state index contributed by atoms with van der Waals surface area (Å²) in [6.07, 6.45) is 0. The van der Waals surface area contributed by atoms with Crippen molar-refractivity contribution in [3.63, 3.8) is 0 Å². The predicted molar refractivity (Wildman–Crippen MR) is 59.2 cm³/mol. The summed E-state index contributed by atoms with van der Waals surface area (Å²) in [5.74, 6) is -0.427. The van der Waals surface area contributed by atoms with E-state index in [0.717, 1.165) is 12.2 Å². The number of H-pyrrole nitrogens is 1. The molecular formula is C10H13N3O2. The second-order valence-electron chi connectivity index (χ2n) is 3.41. The van der Waals surface area contributed by atoms with E-state index in [-0.39, 0.29) is 0 Å². The quantitative estimate of drug-likeness (QED) is 0.769. The average Bonchev–Trinajstić information content (AvgIpc) is 2.57. The Morgan fingerprint density at radius 1 is 1.53 bits per heavy atom. The number of anilines is 1. The van der Waals surface area contributed by atoms with Crippen molar-refractivity contribution in [3.05, 3.63) is 28.7 Å². The van der Waals surface area contributed by atoms with Gasteiger partial charge in [-0.15, -0.1) is 0 Å². The smallest absolute Gasteiger partial charge is 0.408 e. The molecule has 0 aliphatic heterocycles. The molecule has 2 aromatic rings. The lowest BCUT2D eigenvalue weighted by atomic mass is 10.2. The summed E-state index contributed by atoms with van der Waals surface area (Å²) in [7, 11) is 1.94. The molecule has 80 valence electrons. The molecular weight excluding hydrogens is 194 g/mol. The SMILES string of the molecule is CN(CCN)c1ccc2[nH]c(=O)oc2c1. The van der Waals surface area contributed by atoms with Crippen LogP contribution < -0.4 is 16.4 Å². The van der Waals surface area contributed by atoms with E-state index < -0.39 is 5.76 Å². The number of hydrogen-bond donors (Lipinski definition) is 2. The van der Waals surface area contributed by atoms with E-state index in [4.69, 9.17) is 10.2 Å². The molecule has 3 N–H and O–H groups in total. The predicted octanol–water partition coefficient (Wildman–Crippen LogP) is 0.516. The van der Waals surface area contributed by atoms with E-state index in [1.165, 1.54) is 0 Å². The first-order valence-electron chi connectivity index (χ1n) is 4.75. The van der Waals surface area contributed by atoms with Gasteiger partial charge in [-0.05, 0) is 12.1 Å². The zero-order valence-electron chi connectivity index (χ0n) is 8.49. The number of nitrogens with one attached hydrogen (secondary N) is 1. The average molecular weight is 207 g/mol. The van der Waals surface area contributed by atoms with Crippen LogP contribution in [0.25, 0.3) is 11.1 Å². The molecule has 0 fully saturated rings. The summed E-state index contributed by atoms with van der Waals surface area (Å²) in [5, 5.41) is 0. The number of aromatic nitrogens is 1. The number of benzene rings is 1. The Balaban J connectivity index is 2.41. The summed E-state index contributed by atoms with van der Waals surface area (Å²) in [5.41, 5.74) is 7.73. The summed E-state index contributed by atoms with van der Waals surface area (Å²) < 4.78 is 4.97. The molecule has 0 saturated heterocycles. The maximum absolute atomic E-state index is 10.9. The van der Waals surface area contributed by atoms with Crippen molar-refractivity contribution >= 4 is 16.8 Å². The van der Waals surface area contributed by atoms with Gasteiger partial charge in [0.15, 0.2) is 5.58 Å². The van der Waals surface area contributed by atoms with Crippen LogP contribution in [-0.4, -0.2) is 25.1 Å². The van der Waals surface area contributed by atoms with Crippen molar-refractivity contribution < 1.29 is 4.42 Å². The molecule has 0 saturated carbocycles. The van der Waals surface area contributed by atoms with Gasteiger partial charge in [-0.2, -0.15) is 0 Å². The first-order valence-corrected chi connectivity index (χ1v) is 4.75. The first-order chi connectivity index (χ1) is 7.20. The molecule has 2 rings (SSSR count). The second-order valence-corrected chi connectivity index (χ2v) is 3.41. The standard InChI is InChI=1S/C10H13N3O2/c1-13(5-4-11)7-2-3-8-9(6-7)15-10(14)12-8/h2-3,6H,4-5,11H2,1H3,(H,12,14). The lowest BCUT2D eigenvalue weighted by Crippen LogP contribution is -2.24. The number of aromatic amines is 1. The minimum Gasteiger partial charge on any atom is -0.408 e. The van der Waals surface area contributed by atoms with Crippen molar-refractivity contribution in [3.8, 4) is 0 Å². The number of rotatable bonds is 3. The van der Waals surface area contributed by atoms with Gasteiger partial charge in [0.1, 0.15) is 0 Å². The van der Waals surface area contributed by atoms with Crippen LogP contribution in [0.2, 0.25) is 0 Å². The van der Waals surface area contributed by atoms with Gasteiger partial charge in [0.25, 0.3) is 0 Å². The Kier molecular flexibility index (Phi) is 2.47. The molecule has 0 spiro atoms. The number of hydrogen-bond acceptors (Lipinski definition) is 4. The van der Waals surface area contributed by atoms with Gasteiger partial charge in [0, 0.05) is 31.9 Å². The Bertz CT molecular complexity index is 515. The Morgan fingerprint density at radius 3 is 3.07 bits per heavy atom. The fraction of sp³-hybridized carbons (Fsp3) is 0.300. The Hall–Kier alpha value is -1.75. The van der Waals surface area contributed by atoms with Gasteiger partial charge in [0.2, 0.25) is 0 Å². The van der Waals surface area contributed by atoms with Gasteiger partial charge in [-0.1, -0.05) is 0 Å². The maximum Gasteiger partial charge on any atom is 0.417 e. The number of nitrogens with zero attached hydrogens (tertiary/aromatic N) is 1. The summed E-state index contributed by atoms with van der Waals surface area (Å²) in [4.78, 5) is 15.5. The highest BCUT2D eigenvalue weighted by atomic mass is 16.4. The van der Waals surface area contributed by atoms with Gasteiger partial charge >= 0.3 is 5.76 Å². The lowest BCUT2D eigenvalue weighted by molar-refractivity contribution is 0.555. The van der Waals surface area contributed by atoms with Crippen molar-refractivity contribution in [2.24, 2.45) is 5.73 Å². The van der Waals surface area contributed by atoms with E-state index in [2.05, 4.69) is 4.98 Å². The second kappa shape index (κ2) is 3.78. The van der Waals surface area contributed by atoms with Crippen LogP contribution in [0, 0.1) is 0 Å². The highest BCUT2D eigenvalue weighted by Gasteiger charge is 2.04. The minimum atomic E-state index is -0.427. The van der Waals surface area contributed by atoms with Gasteiger partial charge < -0.3 is 15.1 Å². The van der Waals surface area contributed by atoms with Gasteiger partial charge in [-0.25, -0.2) is 4.79 Å². The van der Waals surface area contributed by atoms with E-state index >= 15 is 0 Å². The molecule has 1 aromatic carbocycles. The van der Waals surface area contributed by atoms with Crippen LogP contribution in [-0.2, 0) is 0 Å². The monoisotopic (exact) mass is 207 g/mol. The third-order valence-electron chi connectivity index (χ3n) is 2.31. The van der Waals surface area contributed by atoms with Crippen molar-refractivity contribution in [2.75, 3.05) is 25.0 Å². The zero-order chi connectivity index (χ0) is 10.8. The lowest BCUT2D eigenvalue weighted by Gasteiger charge is -2.17. The van der Waals surface area contributed by atoms with E-state index in [9.17, 15) is 4.79 Å². The molecule has 0 radical (unpaired) electrons. The fourth-order valence-electron chi connectivity index (χ4n) is 1.49. The van der Waals surface area contributed by atoms with Crippen molar-refractivity contribution in [1.29, 1.82) is 0 Å².